The average Bonchev–Trinajstić information content (AvgIpc) is 2.70. The van der Waals surface area contributed by atoms with E-state index in [1.807, 2.05) is 44.2 Å². The lowest BCUT2D eigenvalue weighted by Crippen LogP contribution is -2.34. The molecule has 21 heavy (non-hydrogen) atoms. The molecule has 3 nitrogen and oxygen atoms in total. The Bertz CT molecular complexity index is 692. The third-order valence-corrected chi connectivity index (χ3v) is 4.23. The molecule has 1 unspecified atom stereocenters. The Morgan fingerprint density at radius 1 is 1.10 bits per heavy atom. The highest BCUT2D eigenvalue weighted by Gasteiger charge is 2.41. The van der Waals surface area contributed by atoms with Crippen molar-refractivity contribution in [3.63, 3.8) is 0 Å². The fourth-order valence-electron chi connectivity index (χ4n) is 2.93. The van der Waals surface area contributed by atoms with Crippen molar-refractivity contribution in [2.24, 2.45) is 0 Å². The van der Waals surface area contributed by atoms with Gasteiger partial charge in [-0.25, -0.2) is 0 Å². The van der Waals surface area contributed by atoms with Gasteiger partial charge in [0.05, 0.1) is 6.04 Å². The first-order valence-electron chi connectivity index (χ1n) is 7.24. The molecule has 2 aromatic carbocycles. The Kier molecular flexibility index (Phi) is 3.08. The van der Waals surface area contributed by atoms with E-state index in [2.05, 4.69) is 25.2 Å². The van der Waals surface area contributed by atoms with Crippen molar-refractivity contribution in [2.75, 3.05) is 5.32 Å². The van der Waals surface area contributed by atoms with Crippen LogP contribution in [0.25, 0.3) is 0 Å². The minimum Gasteiger partial charge on any atom is -0.507 e. The smallest absolute Gasteiger partial charge is 0.128 e. The highest BCUT2D eigenvalue weighted by molar-refractivity contribution is 5.61. The molecule has 1 atom stereocenters. The molecule has 3 rings (SSSR count). The zero-order valence-corrected chi connectivity index (χ0v) is 12.9. The zero-order chi connectivity index (χ0) is 15.2. The summed E-state index contributed by atoms with van der Waals surface area (Å²) in [5, 5.41) is 13.7. The van der Waals surface area contributed by atoms with Gasteiger partial charge < -0.3 is 15.2 Å². The highest BCUT2D eigenvalue weighted by Crippen LogP contribution is 2.45. The number of aryl methyl sites for hydroxylation is 1. The van der Waals surface area contributed by atoms with Gasteiger partial charge in [-0.2, -0.15) is 0 Å². The second-order valence-electron chi connectivity index (χ2n) is 6.22. The number of hydrogen-bond donors (Lipinski definition) is 2. The molecule has 0 aliphatic carbocycles. The minimum atomic E-state index is -0.337. The number of fused-ring (bicyclic) bond motifs is 1. The Balaban J connectivity index is 2.00. The van der Waals surface area contributed by atoms with Gasteiger partial charge in [0.1, 0.15) is 17.1 Å². The molecule has 1 aliphatic heterocycles. The molecule has 1 heterocycles. The van der Waals surface area contributed by atoms with E-state index in [-0.39, 0.29) is 11.6 Å². The summed E-state index contributed by atoms with van der Waals surface area (Å²) >= 11 is 0. The van der Waals surface area contributed by atoms with E-state index in [1.165, 1.54) is 0 Å². The number of para-hydroxylation sites is 1. The molecule has 0 fully saturated rings. The summed E-state index contributed by atoms with van der Waals surface area (Å²) in [5.74, 6) is 1.28. The first-order chi connectivity index (χ1) is 9.90. The fraction of sp³-hybridized carbons (Fsp3) is 0.333. The van der Waals surface area contributed by atoms with Crippen LogP contribution < -0.4 is 10.1 Å². The molecule has 1 aliphatic rings. The molecular weight excluding hydrogens is 262 g/mol. The fourth-order valence-corrected chi connectivity index (χ4v) is 2.93. The van der Waals surface area contributed by atoms with E-state index in [1.54, 1.807) is 0 Å². The van der Waals surface area contributed by atoms with Gasteiger partial charge in [-0.05, 0) is 45.4 Å². The second-order valence-corrected chi connectivity index (χ2v) is 6.22. The van der Waals surface area contributed by atoms with E-state index in [0.717, 1.165) is 28.1 Å². The van der Waals surface area contributed by atoms with Crippen LogP contribution in [-0.2, 0) is 0 Å². The van der Waals surface area contributed by atoms with Crippen LogP contribution in [0.3, 0.4) is 0 Å². The molecule has 110 valence electrons. The zero-order valence-electron chi connectivity index (χ0n) is 12.9. The van der Waals surface area contributed by atoms with Gasteiger partial charge in [-0.15, -0.1) is 0 Å². The minimum absolute atomic E-state index is 0.0505. The van der Waals surface area contributed by atoms with Crippen molar-refractivity contribution < 1.29 is 9.84 Å². The predicted molar refractivity (Wildman–Crippen MR) is 85.1 cm³/mol. The number of benzene rings is 2. The third kappa shape index (κ3) is 2.23. The molecule has 2 aromatic rings. The first kappa shape index (κ1) is 13.8. The Morgan fingerprint density at radius 3 is 2.57 bits per heavy atom. The lowest BCUT2D eigenvalue weighted by Gasteiger charge is -2.29. The molecule has 2 N–H and O–H groups in total. The largest absolute Gasteiger partial charge is 0.507 e. The van der Waals surface area contributed by atoms with Gasteiger partial charge in [0.2, 0.25) is 0 Å². The molecule has 0 aromatic heterocycles. The number of anilines is 1. The van der Waals surface area contributed by atoms with E-state index in [4.69, 9.17) is 4.74 Å². The number of aromatic hydroxyl groups is 1. The van der Waals surface area contributed by atoms with E-state index in [9.17, 15) is 5.11 Å². The van der Waals surface area contributed by atoms with Gasteiger partial charge in [-0.1, -0.05) is 24.3 Å². The Hall–Kier alpha value is -2.16. The van der Waals surface area contributed by atoms with Crippen molar-refractivity contribution >= 4 is 5.69 Å². The number of phenolic OH excluding ortho intramolecular Hbond substituents is 1. The molecular formula is C18H21NO2. The molecule has 0 saturated heterocycles. The Labute approximate surface area is 125 Å². The van der Waals surface area contributed by atoms with Crippen LogP contribution in [-0.4, -0.2) is 10.7 Å². The predicted octanol–water partition coefficient (Wildman–Crippen LogP) is 4.33. The summed E-state index contributed by atoms with van der Waals surface area (Å²) in [5.41, 5.74) is 3.52. The third-order valence-electron chi connectivity index (χ3n) is 4.23. The van der Waals surface area contributed by atoms with Crippen LogP contribution in [0.2, 0.25) is 0 Å². The van der Waals surface area contributed by atoms with E-state index < -0.39 is 0 Å². The van der Waals surface area contributed by atoms with Crippen molar-refractivity contribution in [3.8, 4) is 11.5 Å². The maximum atomic E-state index is 10.1. The van der Waals surface area contributed by atoms with Crippen LogP contribution in [0.15, 0.2) is 36.4 Å². The first-order valence-corrected chi connectivity index (χ1v) is 7.24. The van der Waals surface area contributed by atoms with Gasteiger partial charge in [0, 0.05) is 16.8 Å². The molecule has 0 spiro atoms. The summed E-state index contributed by atoms with van der Waals surface area (Å²) in [6, 6.07) is 12.1. The monoisotopic (exact) mass is 283 g/mol. The van der Waals surface area contributed by atoms with Gasteiger partial charge in [0.15, 0.2) is 0 Å². The number of nitrogens with one attached hydrogen (secondary N) is 1. The van der Waals surface area contributed by atoms with Gasteiger partial charge in [0.25, 0.3) is 0 Å². The Morgan fingerprint density at radius 2 is 1.81 bits per heavy atom. The van der Waals surface area contributed by atoms with Gasteiger partial charge >= 0.3 is 0 Å². The average molecular weight is 283 g/mol. The van der Waals surface area contributed by atoms with Crippen molar-refractivity contribution in [1.82, 2.24) is 0 Å². The number of hydrogen-bond acceptors (Lipinski definition) is 3. The normalized spacial score (nSPS) is 19.0. The van der Waals surface area contributed by atoms with Crippen molar-refractivity contribution in [1.29, 1.82) is 0 Å². The lowest BCUT2D eigenvalue weighted by molar-refractivity contribution is 0.118. The summed E-state index contributed by atoms with van der Waals surface area (Å²) in [6.45, 7) is 7.99. The van der Waals surface area contributed by atoms with Crippen LogP contribution in [0, 0.1) is 13.8 Å². The maximum Gasteiger partial charge on any atom is 0.128 e. The quantitative estimate of drug-likeness (QED) is 0.861. The lowest BCUT2D eigenvalue weighted by atomic mass is 9.93. The summed E-state index contributed by atoms with van der Waals surface area (Å²) in [6.07, 6.45) is 0. The topological polar surface area (TPSA) is 41.5 Å². The van der Waals surface area contributed by atoms with Gasteiger partial charge in [-0.3, -0.25) is 0 Å². The summed E-state index contributed by atoms with van der Waals surface area (Å²) in [7, 11) is 0. The van der Waals surface area contributed by atoms with Crippen molar-refractivity contribution in [2.45, 2.75) is 39.3 Å². The van der Waals surface area contributed by atoms with Crippen LogP contribution >= 0.6 is 0 Å². The SMILES string of the molecule is Cc1ccc(NC2c3ccccc3OC2(C)C)c(C)c1O. The highest BCUT2D eigenvalue weighted by atomic mass is 16.5. The molecule has 0 bridgehead atoms. The molecule has 0 radical (unpaired) electrons. The summed E-state index contributed by atoms with van der Waals surface area (Å²) in [4.78, 5) is 0. The molecule has 0 amide bonds. The second kappa shape index (κ2) is 4.69. The standard InChI is InChI=1S/C18H21NO2/c1-11-9-10-14(12(2)16(11)20)19-17-13-7-5-6-8-15(13)21-18(17,3)4/h5-10,17,19-20H,1-4H3. The number of rotatable bonds is 2. The summed E-state index contributed by atoms with van der Waals surface area (Å²) < 4.78 is 6.05. The van der Waals surface area contributed by atoms with Crippen LogP contribution in [0.4, 0.5) is 5.69 Å². The van der Waals surface area contributed by atoms with Crippen molar-refractivity contribution in [3.05, 3.63) is 53.1 Å². The molecule has 3 heteroatoms. The van der Waals surface area contributed by atoms with Crippen LogP contribution in [0.5, 0.6) is 11.5 Å². The number of ether oxygens (including phenoxy) is 1. The van der Waals surface area contributed by atoms with E-state index in [0.29, 0.717) is 5.75 Å². The molecule has 0 saturated carbocycles. The van der Waals surface area contributed by atoms with E-state index >= 15 is 0 Å². The van der Waals surface area contributed by atoms with Crippen LogP contribution in [0.1, 0.15) is 36.6 Å². The maximum absolute atomic E-state index is 10.1. The number of phenols is 1.